The maximum absolute atomic E-state index is 13.0. The number of rotatable bonds is 5. The predicted octanol–water partition coefficient (Wildman–Crippen LogP) is 2.32. The Morgan fingerprint density at radius 1 is 1.17 bits per heavy atom. The number of imide groups is 1. The van der Waals surface area contributed by atoms with E-state index in [0.29, 0.717) is 29.0 Å². The van der Waals surface area contributed by atoms with Gasteiger partial charge in [0.2, 0.25) is 6.79 Å². The van der Waals surface area contributed by atoms with Crippen LogP contribution in [0.3, 0.4) is 0 Å². The Morgan fingerprint density at radius 2 is 1.93 bits per heavy atom. The number of carbonyl (C=O) groups excluding carboxylic acids is 3. The molecule has 4 amide bonds. The van der Waals surface area contributed by atoms with Gasteiger partial charge in [-0.15, -0.1) is 0 Å². The monoisotopic (exact) mass is 393 g/mol. The van der Waals surface area contributed by atoms with Crippen LogP contribution >= 0.6 is 0 Å². The Labute approximate surface area is 167 Å². The molecule has 2 aromatic rings. The van der Waals surface area contributed by atoms with E-state index in [2.05, 4.69) is 10.7 Å². The first kappa shape index (κ1) is 18.5. The second kappa shape index (κ2) is 7.31. The fraction of sp³-hybridized carbons (Fsp3) is 0.190. The maximum Gasteiger partial charge on any atom is 0.344 e. The topological polar surface area (TPSA) is 97.0 Å². The lowest BCUT2D eigenvalue weighted by atomic mass is 9.87. The zero-order valence-corrected chi connectivity index (χ0v) is 15.7. The molecule has 1 atom stereocenters. The lowest BCUT2D eigenvalue weighted by Crippen LogP contribution is -2.48. The molecule has 2 N–H and O–H groups in total. The molecule has 8 heteroatoms. The zero-order chi connectivity index (χ0) is 20.4. The highest BCUT2D eigenvalue weighted by Crippen LogP contribution is 2.33. The van der Waals surface area contributed by atoms with Gasteiger partial charge in [-0.2, -0.15) is 5.01 Å². The largest absolute Gasteiger partial charge is 0.454 e. The summed E-state index contributed by atoms with van der Waals surface area (Å²) in [5.41, 5.74) is 2.53. The first-order valence-corrected chi connectivity index (χ1v) is 9.14. The standard InChI is InChI=1S/C21H19N3O5/c1-2-21(15-6-4-3-5-7-15)19(26)24(20(27)22-21)23-18(25)11-9-14-8-10-16-17(12-14)29-13-28-16/h3-12H,2,13H2,1H3,(H,22,27)(H,23,25)/b11-9+/t21-/m0/s1. The molecular formula is C21H19N3O5. The summed E-state index contributed by atoms with van der Waals surface area (Å²) in [5.74, 6) is 0.104. The summed E-state index contributed by atoms with van der Waals surface area (Å²) in [6.45, 7) is 1.96. The Morgan fingerprint density at radius 3 is 2.69 bits per heavy atom. The minimum absolute atomic E-state index is 0.162. The average molecular weight is 393 g/mol. The third kappa shape index (κ3) is 3.29. The van der Waals surface area contributed by atoms with Gasteiger partial charge in [-0.1, -0.05) is 43.3 Å². The number of benzene rings is 2. The first-order chi connectivity index (χ1) is 14.0. The molecule has 0 saturated carbocycles. The van der Waals surface area contributed by atoms with Crippen molar-refractivity contribution in [1.82, 2.24) is 15.8 Å². The quantitative estimate of drug-likeness (QED) is 0.600. The van der Waals surface area contributed by atoms with E-state index in [1.54, 1.807) is 55.5 Å². The number of hydrogen-bond donors (Lipinski definition) is 2. The van der Waals surface area contributed by atoms with Gasteiger partial charge < -0.3 is 14.8 Å². The number of fused-ring (bicyclic) bond motifs is 1. The van der Waals surface area contributed by atoms with Gasteiger partial charge in [0.15, 0.2) is 11.5 Å². The van der Waals surface area contributed by atoms with Crippen molar-refractivity contribution in [2.45, 2.75) is 18.9 Å². The molecule has 2 aliphatic heterocycles. The highest BCUT2D eigenvalue weighted by atomic mass is 16.7. The Kier molecular flexibility index (Phi) is 4.67. The second-order valence-electron chi connectivity index (χ2n) is 6.62. The van der Waals surface area contributed by atoms with Gasteiger partial charge in [-0.05, 0) is 35.8 Å². The van der Waals surface area contributed by atoms with Gasteiger partial charge in [0, 0.05) is 6.08 Å². The van der Waals surface area contributed by atoms with Gasteiger partial charge in [0.1, 0.15) is 5.54 Å². The third-order valence-corrected chi connectivity index (χ3v) is 4.93. The highest BCUT2D eigenvalue weighted by Gasteiger charge is 2.52. The van der Waals surface area contributed by atoms with Crippen molar-refractivity contribution < 1.29 is 23.9 Å². The molecule has 4 rings (SSSR count). The summed E-state index contributed by atoms with van der Waals surface area (Å²) in [4.78, 5) is 37.7. The average Bonchev–Trinajstić information content (AvgIpc) is 3.31. The zero-order valence-electron chi connectivity index (χ0n) is 15.7. The highest BCUT2D eigenvalue weighted by molar-refractivity contribution is 6.09. The van der Waals surface area contributed by atoms with Crippen LogP contribution in [0.1, 0.15) is 24.5 Å². The third-order valence-electron chi connectivity index (χ3n) is 4.93. The van der Waals surface area contributed by atoms with Crippen LogP contribution in [0.5, 0.6) is 11.5 Å². The van der Waals surface area contributed by atoms with Gasteiger partial charge in [0.25, 0.3) is 11.8 Å². The second-order valence-corrected chi connectivity index (χ2v) is 6.62. The summed E-state index contributed by atoms with van der Waals surface area (Å²) in [6, 6.07) is 13.5. The number of amides is 4. The molecular weight excluding hydrogens is 374 g/mol. The number of hydrogen-bond acceptors (Lipinski definition) is 5. The van der Waals surface area contributed by atoms with Crippen molar-refractivity contribution in [3.8, 4) is 11.5 Å². The predicted molar refractivity (Wildman–Crippen MR) is 104 cm³/mol. The van der Waals surface area contributed by atoms with E-state index in [9.17, 15) is 14.4 Å². The van der Waals surface area contributed by atoms with Gasteiger partial charge >= 0.3 is 6.03 Å². The molecule has 1 saturated heterocycles. The molecule has 0 bridgehead atoms. The smallest absolute Gasteiger partial charge is 0.344 e. The van der Waals surface area contributed by atoms with Crippen molar-refractivity contribution in [1.29, 1.82) is 0 Å². The van der Waals surface area contributed by atoms with Crippen LogP contribution < -0.4 is 20.2 Å². The Bertz CT molecular complexity index is 1000. The first-order valence-electron chi connectivity index (χ1n) is 9.14. The van der Waals surface area contributed by atoms with E-state index in [-0.39, 0.29) is 6.79 Å². The van der Waals surface area contributed by atoms with Gasteiger partial charge in [0.05, 0.1) is 0 Å². The summed E-state index contributed by atoms with van der Waals surface area (Å²) >= 11 is 0. The van der Waals surface area contributed by atoms with Crippen molar-refractivity contribution in [2.75, 3.05) is 6.79 Å². The van der Waals surface area contributed by atoms with Crippen molar-refractivity contribution in [3.05, 3.63) is 65.7 Å². The van der Waals surface area contributed by atoms with Crippen LogP contribution in [-0.2, 0) is 15.1 Å². The molecule has 148 valence electrons. The van der Waals surface area contributed by atoms with Crippen molar-refractivity contribution >= 4 is 23.9 Å². The lowest BCUT2D eigenvalue weighted by molar-refractivity contribution is -0.138. The number of hydrazine groups is 1. The van der Waals surface area contributed by atoms with Crippen LogP contribution in [0.15, 0.2) is 54.6 Å². The summed E-state index contributed by atoms with van der Waals surface area (Å²) < 4.78 is 10.5. The van der Waals surface area contributed by atoms with Crippen LogP contribution in [0.25, 0.3) is 6.08 Å². The van der Waals surface area contributed by atoms with Crippen LogP contribution in [-0.4, -0.2) is 29.6 Å². The van der Waals surface area contributed by atoms with E-state index >= 15 is 0 Å². The van der Waals surface area contributed by atoms with E-state index in [1.165, 1.54) is 6.08 Å². The molecule has 29 heavy (non-hydrogen) atoms. The summed E-state index contributed by atoms with van der Waals surface area (Å²) in [5, 5.41) is 3.43. The minimum Gasteiger partial charge on any atom is -0.454 e. The number of ether oxygens (including phenoxy) is 2. The van der Waals surface area contributed by atoms with Crippen molar-refractivity contribution in [3.63, 3.8) is 0 Å². The minimum atomic E-state index is -1.20. The fourth-order valence-corrected chi connectivity index (χ4v) is 3.37. The number of nitrogens with one attached hydrogen (secondary N) is 2. The van der Waals surface area contributed by atoms with Gasteiger partial charge in [-0.25, -0.2) is 4.79 Å². The molecule has 8 nitrogen and oxygen atoms in total. The van der Waals surface area contributed by atoms with E-state index in [4.69, 9.17) is 9.47 Å². The van der Waals surface area contributed by atoms with E-state index in [0.717, 1.165) is 5.01 Å². The molecule has 2 heterocycles. The molecule has 0 unspecified atom stereocenters. The Hall–Kier alpha value is -3.81. The Balaban J connectivity index is 1.48. The molecule has 1 fully saturated rings. The van der Waals surface area contributed by atoms with Crippen molar-refractivity contribution in [2.24, 2.45) is 0 Å². The van der Waals surface area contributed by atoms with Crippen LogP contribution in [0.4, 0.5) is 4.79 Å². The SMILES string of the molecule is CC[C@@]1(c2ccccc2)NC(=O)N(NC(=O)/C=C/c2ccc3c(c2)OCO3)C1=O. The molecule has 0 radical (unpaired) electrons. The fourth-order valence-electron chi connectivity index (χ4n) is 3.37. The van der Waals surface area contributed by atoms with Crippen LogP contribution in [0.2, 0.25) is 0 Å². The number of nitrogens with zero attached hydrogens (tertiary/aromatic N) is 1. The molecule has 0 aromatic heterocycles. The normalized spacial score (nSPS) is 20.2. The number of urea groups is 1. The van der Waals surface area contributed by atoms with E-state index < -0.39 is 23.4 Å². The maximum atomic E-state index is 13.0. The molecule has 2 aliphatic rings. The van der Waals surface area contributed by atoms with Gasteiger partial charge in [-0.3, -0.25) is 15.0 Å². The number of carbonyl (C=O) groups is 3. The van der Waals surface area contributed by atoms with Crippen LogP contribution in [0, 0.1) is 0 Å². The molecule has 2 aromatic carbocycles. The molecule has 0 spiro atoms. The summed E-state index contributed by atoms with van der Waals surface area (Å²) in [7, 11) is 0. The molecule has 0 aliphatic carbocycles. The van der Waals surface area contributed by atoms with E-state index in [1.807, 2.05) is 6.07 Å². The summed E-state index contributed by atoms with van der Waals surface area (Å²) in [6.07, 6.45) is 3.15. The lowest BCUT2D eigenvalue weighted by Gasteiger charge is -2.25.